The lowest BCUT2D eigenvalue weighted by molar-refractivity contribution is -0.235. The predicted molar refractivity (Wildman–Crippen MR) is 118 cm³/mol. The number of rotatable bonds is 5. The smallest absolute Gasteiger partial charge is 0.253 e. The zero-order chi connectivity index (χ0) is 22.3. The largest absolute Gasteiger partial charge is 0.485 e. The van der Waals surface area contributed by atoms with E-state index in [0.717, 1.165) is 61.0 Å². The van der Waals surface area contributed by atoms with Crippen molar-refractivity contribution in [3.05, 3.63) is 35.4 Å². The molecule has 9 heteroatoms. The molecule has 1 aliphatic heterocycles. The summed E-state index contributed by atoms with van der Waals surface area (Å²) in [4.78, 5) is 20.7. The van der Waals surface area contributed by atoms with E-state index in [-0.39, 0.29) is 23.5 Å². The molecule has 0 aromatic carbocycles. The molecule has 2 atom stereocenters. The monoisotopic (exact) mass is 435 g/mol. The van der Waals surface area contributed by atoms with Crippen LogP contribution in [0.4, 0.5) is 5.69 Å². The zero-order valence-electron chi connectivity index (χ0n) is 19.0. The van der Waals surface area contributed by atoms with Crippen LogP contribution in [0.5, 0.6) is 5.75 Å². The van der Waals surface area contributed by atoms with Crippen molar-refractivity contribution in [2.24, 2.45) is 11.3 Å². The molecule has 2 bridgehead atoms. The zero-order valence-corrected chi connectivity index (χ0v) is 19.0. The number of aliphatic hydroxyl groups excluding tert-OH is 1. The Kier molecular flexibility index (Phi) is 4.09. The van der Waals surface area contributed by atoms with Gasteiger partial charge in [0, 0.05) is 25.0 Å². The van der Waals surface area contributed by atoms with Crippen molar-refractivity contribution in [2.75, 3.05) is 24.6 Å². The minimum absolute atomic E-state index is 0.0676. The van der Waals surface area contributed by atoms with Crippen LogP contribution in [0.15, 0.2) is 12.4 Å². The van der Waals surface area contributed by atoms with Gasteiger partial charge in [0.05, 0.1) is 36.0 Å². The minimum Gasteiger partial charge on any atom is -0.485 e. The molecule has 3 aromatic rings. The third-order valence-corrected chi connectivity index (χ3v) is 8.21. The van der Waals surface area contributed by atoms with Crippen LogP contribution < -0.4 is 9.64 Å². The molecule has 3 aliphatic carbocycles. The highest BCUT2D eigenvalue weighted by atomic mass is 16.5. The van der Waals surface area contributed by atoms with Crippen LogP contribution in [0.1, 0.15) is 49.2 Å². The fourth-order valence-corrected chi connectivity index (χ4v) is 6.14. The molecule has 0 radical (unpaired) electrons. The number of hydrogen-bond acceptors (Lipinski definition) is 8. The summed E-state index contributed by atoms with van der Waals surface area (Å²) in [5, 5.41) is 14.1. The molecule has 4 aliphatic rings. The summed E-state index contributed by atoms with van der Waals surface area (Å²) in [6.07, 6.45) is 6.92. The Morgan fingerprint density at radius 1 is 1.16 bits per heavy atom. The van der Waals surface area contributed by atoms with Gasteiger partial charge in [0.15, 0.2) is 5.75 Å². The standard InChI is InChI=1S/C23H29N7O2/c1-13-19(14(2)30-21(26-13)27-16(4)28-30)32-18-5-6-29(9-18)17-7-24-20(25-8-17)23-10-22(11-23,12-31)15(23)3/h7-8,15,18,31H,5-6,9-12H2,1-4H3/t15-,18+,22?,23?/m0/s1. The van der Waals surface area contributed by atoms with E-state index in [1.54, 1.807) is 4.52 Å². The third-order valence-electron chi connectivity index (χ3n) is 8.21. The molecule has 1 N–H and O–H groups in total. The van der Waals surface area contributed by atoms with Crippen LogP contribution in [-0.4, -0.2) is 60.5 Å². The molecule has 168 valence electrons. The van der Waals surface area contributed by atoms with E-state index in [4.69, 9.17) is 14.7 Å². The van der Waals surface area contributed by atoms with Crippen molar-refractivity contribution in [1.82, 2.24) is 29.5 Å². The number of aryl methyl sites for hydroxylation is 3. The van der Waals surface area contributed by atoms with Gasteiger partial charge >= 0.3 is 0 Å². The summed E-state index contributed by atoms with van der Waals surface area (Å²) in [7, 11) is 0. The second-order valence-electron chi connectivity index (χ2n) is 9.97. The molecule has 9 nitrogen and oxygen atoms in total. The molecule has 4 heterocycles. The summed E-state index contributed by atoms with van der Waals surface area (Å²) in [6.45, 7) is 10.0. The second kappa shape index (κ2) is 6.60. The summed E-state index contributed by atoms with van der Waals surface area (Å²) in [5.41, 5.74) is 3.00. The molecule has 1 saturated heterocycles. The van der Waals surface area contributed by atoms with Gasteiger partial charge in [0.25, 0.3) is 5.78 Å². The fraction of sp³-hybridized carbons (Fsp3) is 0.609. The first-order chi connectivity index (χ1) is 15.3. The number of fused-ring (bicyclic) bond motifs is 1. The first kappa shape index (κ1) is 19.8. The van der Waals surface area contributed by atoms with Crippen molar-refractivity contribution in [2.45, 2.75) is 58.5 Å². The van der Waals surface area contributed by atoms with Gasteiger partial charge in [0.2, 0.25) is 0 Å². The average Bonchev–Trinajstić information content (AvgIpc) is 3.37. The number of hydrogen-bond donors (Lipinski definition) is 1. The number of nitrogens with zero attached hydrogens (tertiary/aromatic N) is 7. The van der Waals surface area contributed by atoms with E-state index < -0.39 is 0 Å². The van der Waals surface area contributed by atoms with Gasteiger partial charge in [-0.05, 0) is 44.9 Å². The van der Waals surface area contributed by atoms with E-state index in [0.29, 0.717) is 17.5 Å². The van der Waals surface area contributed by atoms with Crippen LogP contribution in [0.25, 0.3) is 5.78 Å². The summed E-state index contributed by atoms with van der Waals surface area (Å²) in [5.74, 6) is 3.49. The second-order valence-corrected chi connectivity index (χ2v) is 9.97. The van der Waals surface area contributed by atoms with Crippen LogP contribution in [0, 0.1) is 32.1 Å². The van der Waals surface area contributed by atoms with E-state index in [9.17, 15) is 5.11 Å². The average molecular weight is 436 g/mol. The fourth-order valence-electron chi connectivity index (χ4n) is 6.14. The topological polar surface area (TPSA) is 102 Å². The summed E-state index contributed by atoms with van der Waals surface area (Å²) >= 11 is 0. The molecule has 4 fully saturated rings. The highest BCUT2D eigenvalue weighted by molar-refractivity contribution is 5.46. The third kappa shape index (κ3) is 2.57. The van der Waals surface area contributed by atoms with Gasteiger partial charge in [-0.2, -0.15) is 9.50 Å². The molecule has 3 aromatic heterocycles. The van der Waals surface area contributed by atoms with Crippen LogP contribution >= 0.6 is 0 Å². The van der Waals surface area contributed by atoms with E-state index in [1.807, 2.05) is 33.2 Å². The molecule has 0 unspecified atom stereocenters. The lowest BCUT2D eigenvalue weighted by Gasteiger charge is -2.74. The Hall–Kier alpha value is -2.81. The Bertz CT molecular complexity index is 1200. The molecule has 32 heavy (non-hydrogen) atoms. The van der Waals surface area contributed by atoms with Crippen molar-refractivity contribution >= 4 is 11.5 Å². The Morgan fingerprint density at radius 3 is 2.59 bits per heavy atom. The van der Waals surface area contributed by atoms with Gasteiger partial charge in [-0.3, -0.25) is 0 Å². The van der Waals surface area contributed by atoms with Crippen molar-refractivity contribution in [1.29, 1.82) is 0 Å². The maximum Gasteiger partial charge on any atom is 0.253 e. The van der Waals surface area contributed by atoms with Gasteiger partial charge in [-0.15, -0.1) is 5.10 Å². The Balaban J connectivity index is 1.15. The number of aliphatic hydroxyl groups is 1. The summed E-state index contributed by atoms with van der Waals surface area (Å²) < 4.78 is 8.15. The lowest BCUT2D eigenvalue weighted by atomic mass is 9.29. The van der Waals surface area contributed by atoms with Crippen LogP contribution in [0.3, 0.4) is 0 Å². The first-order valence-electron chi connectivity index (χ1n) is 11.4. The molecular weight excluding hydrogens is 406 g/mol. The normalized spacial score (nSPS) is 31.0. The number of aromatic nitrogens is 6. The Labute approximate surface area is 186 Å². The van der Waals surface area contributed by atoms with Gasteiger partial charge < -0.3 is 14.7 Å². The maximum atomic E-state index is 9.65. The van der Waals surface area contributed by atoms with Gasteiger partial charge in [-0.25, -0.2) is 15.0 Å². The van der Waals surface area contributed by atoms with Gasteiger partial charge in [0.1, 0.15) is 17.8 Å². The molecule has 3 saturated carbocycles. The van der Waals surface area contributed by atoms with Crippen LogP contribution in [-0.2, 0) is 5.41 Å². The highest BCUT2D eigenvalue weighted by Crippen LogP contribution is 2.76. The molecular formula is C23H29N7O2. The lowest BCUT2D eigenvalue weighted by Crippen LogP contribution is -2.73. The first-order valence-corrected chi connectivity index (χ1v) is 11.4. The van der Waals surface area contributed by atoms with Crippen molar-refractivity contribution in [3.8, 4) is 5.75 Å². The van der Waals surface area contributed by atoms with E-state index >= 15 is 0 Å². The van der Waals surface area contributed by atoms with Crippen molar-refractivity contribution < 1.29 is 9.84 Å². The maximum absolute atomic E-state index is 9.65. The molecule has 7 rings (SSSR count). The number of ether oxygens (including phenoxy) is 1. The van der Waals surface area contributed by atoms with E-state index in [2.05, 4.69) is 26.9 Å². The SMILES string of the molecule is Cc1nc2nc(C)c(O[C@@H]3CCN(c4cnc(C56CC(CO)(C5)[C@@H]6C)nc4)C3)c(C)n2n1. The summed E-state index contributed by atoms with van der Waals surface area (Å²) in [6, 6.07) is 0. The molecule has 0 amide bonds. The quantitative estimate of drug-likeness (QED) is 0.651. The minimum atomic E-state index is 0.0676. The van der Waals surface area contributed by atoms with Gasteiger partial charge in [-0.1, -0.05) is 6.92 Å². The predicted octanol–water partition coefficient (Wildman–Crippen LogP) is 2.16. The van der Waals surface area contributed by atoms with Crippen LogP contribution in [0.2, 0.25) is 0 Å². The number of anilines is 1. The Morgan fingerprint density at radius 2 is 1.91 bits per heavy atom. The van der Waals surface area contributed by atoms with E-state index in [1.165, 1.54) is 0 Å². The highest BCUT2D eigenvalue weighted by Gasteiger charge is 2.75. The molecule has 0 spiro atoms. The van der Waals surface area contributed by atoms with Crippen molar-refractivity contribution in [3.63, 3.8) is 0 Å².